The molecule has 5 heteroatoms. The summed E-state index contributed by atoms with van der Waals surface area (Å²) in [7, 11) is 0. The van der Waals surface area contributed by atoms with Crippen molar-refractivity contribution in [3.63, 3.8) is 0 Å². The Balaban J connectivity index is 0.000000291. The van der Waals surface area contributed by atoms with Gasteiger partial charge in [0.25, 0.3) is 0 Å². The monoisotopic (exact) mass is 130 g/mol. The van der Waals surface area contributed by atoms with Gasteiger partial charge in [0.1, 0.15) is 6.79 Å². The number of nitrogens with one attached hydrogen (secondary N) is 2. The maximum atomic E-state index is 10.1. The van der Waals surface area contributed by atoms with E-state index in [2.05, 4.69) is 5.32 Å². The second-order valence-corrected chi connectivity index (χ2v) is 1.23. The Morgan fingerprint density at radius 1 is 1.33 bits per heavy atom. The van der Waals surface area contributed by atoms with E-state index in [1.807, 2.05) is 12.1 Å². The smallest absolute Gasteiger partial charge is 0.321 e. The summed E-state index contributed by atoms with van der Waals surface area (Å²) in [5, 5.41) is 4.30. The van der Waals surface area contributed by atoms with Gasteiger partial charge in [0.05, 0.1) is 6.54 Å². The van der Waals surface area contributed by atoms with Crippen LogP contribution in [0.1, 0.15) is 0 Å². The zero-order chi connectivity index (χ0) is 7.28. The van der Waals surface area contributed by atoms with Crippen molar-refractivity contribution in [3.8, 4) is 0 Å². The molecule has 0 bridgehead atoms. The van der Waals surface area contributed by atoms with Crippen molar-refractivity contribution in [2.24, 2.45) is 0 Å². The molecule has 1 heterocycles. The van der Waals surface area contributed by atoms with Crippen LogP contribution >= 0.6 is 0 Å². The molecule has 0 saturated carbocycles. The predicted molar refractivity (Wildman–Crippen MR) is 28.7 cm³/mol. The summed E-state index contributed by atoms with van der Waals surface area (Å²) in [5.41, 5.74) is 0. The van der Waals surface area contributed by atoms with E-state index in [4.69, 9.17) is 4.79 Å². The van der Waals surface area contributed by atoms with Gasteiger partial charge in [-0.3, -0.25) is 10.1 Å². The molecule has 9 heavy (non-hydrogen) atoms. The van der Waals surface area contributed by atoms with Gasteiger partial charge in [-0.25, -0.2) is 4.79 Å². The normalized spacial score (nSPS) is 15.1. The third-order valence-corrected chi connectivity index (χ3v) is 0.662. The van der Waals surface area contributed by atoms with Crippen LogP contribution in [-0.2, 0) is 9.59 Å². The fourth-order valence-electron chi connectivity index (χ4n) is 0.376. The molecular formula is C4H6N2O3. The molecule has 2 N–H and O–H groups in total. The average Bonchev–Trinajstić information content (AvgIpc) is 2.20. The molecule has 0 spiro atoms. The van der Waals surface area contributed by atoms with E-state index in [0.29, 0.717) is 0 Å². The molecule has 1 aliphatic heterocycles. The van der Waals surface area contributed by atoms with Crippen molar-refractivity contribution < 1.29 is 14.4 Å². The van der Waals surface area contributed by atoms with Crippen LogP contribution in [0, 0.1) is 0 Å². The highest BCUT2D eigenvalue weighted by molar-refractivity contribution is 6.01. The lowest BCUT2D eigenvalue weighted by molar-refractivity contribution is -0.117. The van der Waals surface area contributed by atoms with Gasteiger partial charge in [-0.1, -0.05) is 0 Å². The first-order chi connectivity index (χ1) is 4.29. The molecule has 5 nitrogen and oxygen atoms in total. The van der Waals surface area contributed by atoms with E-state index < -0.39 is 6.03 Å². The summed E-state index contributed by atoms with van der Waals surface area (Å²) in [6, 6.07) is -0.398. The summed E-state index contributed by atoms with van der Waals surface area (Å²) in [6.07, 6.45) is 0. The number of rotatable bonds is 0. The quantitative estimate of drug-likeness (QED) is 0.398. The second kappa shape index (κ2) is 3.59. The maximum Gasteiger partial charge on any atom is 0.321 e. The van der Waals surface area contributed by atoms with Crippen LogP contribution in [0.5, 0.6) is 0 Å². The van der Waals surface area contributed by atoms with E-state index in [1.165, 1.54) is 0 Å². The number of carbonyl (C=O) groups excluding carboxylic acids is 3. The van der Waals surface area contributed by atoms with E-state index in [-0.39, 0.29) is 12.5 Å². The van der Waals surface area contributed by atoms with Crippen LogP contribution in [0.4, 0.5) is 4.79 Å². The number of urea groups is 1. The van der Waals surface area contributed by atoms with Crippen LogP contribution in [0.3, 0.4) is 0 Å². The Labute approximate surface area is 51.4 Å². The van der Waals surface area contributed by atoms with Crippen LogP contribution in [0.25, 0.3) is 0 Å². The third-order valence-electron chi connectivity index (χ3n) is 0.662. The highest BCUT2D eigenvalue weighted by Crippen LogP contribution is 1.73. The summed E-state index contributed by atoms with van der Waals surface area (Å²) in [4.78, 5) is 28.1. The Bertz CT molecular complexity index is 120. The average molecular weight is 130 g/mol. The Morgan fingerprint density at radius 2 is 1.89 bits per heavy atom. The van der Waals surface area contributed by atoms with Crippen molar-refractivity contribution in [1.82, 2.24) is 10.6 Å². The van der Waals surface area contributed by atoms with Gasteiger partial charge >= 0.3 is 6.03 Å². The Hall–Kier alpha value is -1.39. The number of hydrogen-bond acceptors (Lipinski definition) is 3. The minimum Gasteiger partial charge on any atom is -0.329 e. The molecule has 0 aromatic heterocycles. The summed E-state index contributed by atoms with van der Waals surface area (Å²) in [5.74, 6) is -0.259. The van der Waals surface area contributed by atoms with Crippen molar-refractivity contribution in [3.05, 3.63) is 0 Å². The van der Waals surface area contributed by atoms with E-state index in [0.717, 1.165) is 0 Å². The molecule has 50 valence electrons. The summed E-state index contributed by atoms with van der Waals surface area (Å²) < 4.78 is 0. The minimum atomic E-state index is -0.398. The van der Waals surface area contributed by atoms with Gasteiger partial charge < -0.3 is 10.1 Å². The first-order valence-electron chi connectivity index (χ1n) is 2.15. The number of hydrogen-bond donors (Lipinski definition) is 2. The molecule has 0 aromatic rings. The molecule has 0 unspecified atom stereocenters. The zero-order valence-corrected chi connectivity index (χ0v) is 4.64. The molecule has 1 aliphatic rings. The predicted octanol–water partition coefficient (Wildman–Crippen LogP) is -1.36. The summed E-state index contributed by atoms with van der Waals surface area (Å²) in [6.45, 7) is 2.12. The molecule has 1 saturated heterocycles. The molecule has 0 aliphatic carbocycles. The molecule has 0 radical (unpaired) electrons. The van der Waals surface area contributed by atoms with Crippen LogP contribution in [0.2, 0.25) is 0 Å². The van der Waals surface area contributed by atoms with Crippen molar-refractivity contribution in [2.45, 2.75) is 0 Å². The van der Waals surface area contributed by atoms with Crippen LogP contribution in [-0.4, -0.2) is 25.3 Å². The number of carbonyl (C=O) groups is 3. The van der Waals surface area contributed by atoms with E-state index >= 15 is 0 Å². The highest BCUT2D eigenvalue weighted by Gasteiger charge is 2.14. The van der Waals surface area contributed by atoms with Gasteiger partial charge in [0.15, 0.2) is 0 Å². The van der Waals surface area contributed by atoms with Crippen molar-refractivity contribution in [2.75, 3.05) is 6.54 Å². The molecule has 1 rings (SSSR count). The highest BCUT2D eigenvalue weighted by atomic mass is 16.2. The van der Waals surface area contributed by atoms with Crippen LogP contribution in [0.15, 0.2) is 0 Å². The molecule has 0 atom stereocenters. The standard InChI is InChI=1S/C3H4N2O2.CH2O/c6-2-1-4-3(7)5-2;1-2/h1H2,(H2,4,5,6,7);1H2. The third kappa shape index (κ3) is 2.43. The van der Waals surface area contributed by atoms with Gasteiger partial charge in [0.2, 0.25) is 5.91 Å². The fourth-order valence-corrected chi connectivity index (χ4v) is 0.376. The zero-order valence-electron chi connectivity index (χ0n) is 4.64. The largest absolute Gasteiger partial charge is 0.329 e. The van der Waals surface area contributed by atoms with Gasteiger partial charge in [-0.15, -0.1) is 0 Å². The summed E-state index contributed by atoms with van der Waals surface area (Å²) >= 11 is 0. The molecule has 1 fully saturated rings. The van der Waals surface area contributed by atoms with Crippen molar-refractivity contribution in [1.29, 1.82) is 0 Å². The fraction of sp³-hybridized carbons (Fsp3) is 0.250. The first kappa shape index (κ1) is 7.61. The Kier molecular flexibility index (Phi) is 3.04. The van der Waals surface area contributed by atoms with Gasteiger partial charge in [-0.05, 0) is 0 Å². The Morgan fingerprint density at radius 3 is 2.00 bits per heavy atom. The first-order valence-corrected chi connectivity index (χ1v) is 2.15. The lowest BCUT2D eigenvalue weighted by atomic mass is 10.7. The number of imide groups is 1. The van der Waals surface area contributed by atoms with Crippen LogP contribution < -0.4 is 10.6 Å². The molecule has 0 aromatic carbocycles. The van der Waals surface area contributed by atoms with Gasteiger partial charge in [0, 0.05) is 0 Å². The van der Waals surface area contributed by atoms with Crippen molar-refractivity contribution >= 4 is 18.7 Å². The lowest BCUT2D eigenvalue weighted by Gasteiger charge is -1.78. The molecule has 3 amide bonds. The lowest BCUT2D eigenvalue weighted by Crippen LogP contribution is -2.22. The minimum absolute atomic E-state index is 0.124. The maximum absolute atomic E-state index is 10.1. The molecular weight excluding hydrogens is 124 g/mol. The topological polar surface area (TPSA) is 75.3 Å². The van der Waals surface area contributed by atoms with E-state index in [1.54, 1.807) is 0 Å². The second-order valence-electron chi connectivity index (χ2n) is 1.23. The number of amides is 3. The van der Waals surface area contributed by atoms with E-state index in [9.17, 15) is 9.59 Å². The SMILES string of the molecule is C=O.O=C1CNC(=O)N1. The van der Waals surface area contributed by atoms with Gasteiger partial charge in [-0.2, -0.15) is 0 Å².